The number of hydrogen-bond acceptors (Lipinski definition) is 3. The summed E-state index contributed by atoms with van der Waals surface area (Å²) in [5, 5.41) is 3.14. The summed E-state index contributed by atoms with van der Waals surface area (Å²) in [4.78, 5) is 12.4. The molecule has 4 heteroatoms. The van der Waals surface area contributed by atoms with Crippen LogP contribution in [0.15, 0.2) is 48.5 Å². The van der Waals surface area contributed by atoms with Crippen molar-refractivity contribution in [2.45, 2.75) is 26.3 Å². The summed E-state index contributed by atoms with van der Waals surface area (Å²) in [6.45, 7) is 4.20. The molecule has 0 bridgehead atoms. The summed E-state index contributed by atoms with van der Waals surface area (Å²) >= 11 is 0. The molecule has 4 nitrogen and oxygen atoms in total. The average Bonchev–Trinajstić information content (AvgIpc) is 2.60. The summed E-state index contributed by atoms with van der Waals surface area (Å²) in [6, 6.07) is 15.4. The van der Waals surface area contributed by atoms with Crippen LogP contribution in [0.5, 0.6) is 11.5 Å². The Morgan fingerprint density at radius 2 is 1.42 bits per heavy atom. The first-order valence-electron chi connectivity index (χ1n) is 8.09. The molecule has 128 valence electrons. The third-order valence-electron chi connectivity index (χ3n) is 3.98. The van der Waals surface area contributed by atoms with Crippen LogP contribution in [0.4, 0.5) is 0 Å². The van der Waals surface area contributed by atoms with E-state index in [0.717, 1.165) is 22.6 Å². The molecule has 0 aromatic heterocycles. The highest BCUT2D eigenvalue weighted by Crippen LogP contribution is 2.24. The van der Waals surface area contributed by atoms with E-state index in [9.17, 15) is 4.79 Å². The Balaban J connectivity index is 2.04. The largest absolute Gasteiger partial charge is 0.497 e. The Kier molecular flexibility index (Phi) is 6.24. The van der Waals surface area contributed by atoms with Gasteiger partial charge < -0.3 is 14.8 Å². The number of amides is 1. The van der Waals surface area contributed by atoms with Crippen molar-refractivity contribution >= 4 is 5.91 Å². The van der Waals surface area contributed by atoms with Gasteiger partial charge in [-0.15, -0.1) is 0 Å². The third-order valence-corrected chi connectivity index (χ3v) is 3.98. The SMILES string of the molecule is COc1ccc(CC(=O)N[C@@H](c2ccc(OC)cc2)C(C)C)cc1. The van der Waals surface area contributed by atoms with E-state index < -0.39 is 0 Å². The van der Waals surface area contributed by atoms with E-state index in [1.807, 2.05) is 48.5 Å². The fraction of sp³-hybridized carbons (Fsp3) is 0.350. The predicted molar refractivity (Wildman–Crippen MR) is 95.4 cm³/mol. The quantitative estimate of drug-likeness (QED) is 0.842. The van der Waals surface area contributed by atoms with Gasteiger partial charge in [-0.1, -0.05) is 38.1 Å². The second-order valence-corrected chi connectivity index (χ2v) is 6.09. The van der Waals surface area contributed by atoms with Gasteiger partial charge in [0.2, 0.25) is 5.91 Å². The van der Waals surface area contributed by atoms with Gasteiger partial charge in [-0.2, -0.15) is 0 Å². The van der Waals surface area contributed by atoms with E-state index in [1.54, 1.807) is 14.2 Å². The molecule has 0 fully saturated rings. The summed E-state index contributed by atoms with van der Waals surface area (Å²) < 4.78 is 10.3. The fourth-order valence-electron chi connectivity index (χ4n) is 2.60. The van der Waals surface area contributed by atoms with Crippen LogP contribution in [0.1, 0.15) is 31.0 Å². The number of nitrogens with one attached hydrogen (secondary N) is 1. The molecular formula is C20H25NO3. The smallest absolute Gasteiger partial charge is 0.224 e. The van der Waals surface area contributed by atoms with Crippen LogP contribution in [-0.2, 0) is 11.2 Å². The molecule has 1 N–H and O–H groups in total. The van der Waals surface area contributed by atoms with E-state index in [2.05, 4.69) is 19.2 Å². The lowest BCUT2D eigenvalue weighted by Gasteiger charge is -2.23. The molecule has 2 rings (SSSR count). The molecule has 1 amide bonds. The first-order chi connectivity index (χ1) is 11.5. The van der Waals surface area contributed by atoms with Crippen LogP contribution in [0.2, 0.25) is 0 Å². The number of hydrogen-bond donors (Lipinski definition) is 1. The van der Waals surface area contributed by atoms with Gasteiger partial charge in [0.1, 0.15) is 11.5 Å². The molecule has 0 unspecified atom stereocenters. The third kappa shape index (κ3) is 4.75. The van der Waals surface area contributed by atoms with E-state index in [1.165, 1.54) is 0 Å². The summed E-state index contributed by atoms with van der Waals surface area (Å²) in [7, 11) is 3.27. The van der Waals surface area contributed by atoms with E-state index in [-0.39, 0.29) is 11.9 Å². The maximum atomic E-state index is 12.4. The van der Waals surface area contributed by atoms with Crippen molar-refractivity contribution in [2.24, 2.45) is 5.92 Å². The highest BCUT2D eigenvalue weighted by Gasteiger charge is 2.18. The van der Waals surface area contributed by atoms with Crippen molar-refractivity contribution in [3.63, 3.8) is 0 Å². The molecule has 0 aliphatic rings. The van der Waals surface area contributed by atoms with E-state index in [0.29, 0.717) is 12.3 Å². The number of rotatable bonds is 7. The van der Waals surface area contributed by atoms with Crippen LogP contribution in [0.3, 0.4) is 0 Å². The zero-order valence-electron chi connectivity index (χ0n) is 14.7. The first-order valence-corrected chi connectivity index (χ1v) is 8.09. The number of carbonyl (C=O) groups is 1. The van der Waals surface area contributed by atoms with Crippen molar-refractivity contribution in [3.05, 3.63) is 59.7 Å². The molecule has 0 saturated heterocycles. The lowest BCUT2D eigenvalue weighted by atomic mass is 9.95. The fourth-order valence-corrected chi connectivity index (χ4v) is 2.60. The number of benzene rings is 2. The van der Waals surface area contributed by atoms with Crippen LogP contribution in [0.25, 0.3) is 0 Å². The van der Waals surface area contributed by atoms with Crippen molar-refractivity contribution in [1.82, 2.24) is 5.32 Å². The number of methoxy groups -OCH3 is 2. The zero-order chi connectivity index (χ0) is 17.5. The van der Waals surface area contributed by atoms with Crippen LogP contribution in [-0.4, -0.2) is 20.1 Å². The topological polar surface area (TPSA) is 47.6 Å². The van der Waals surface area contributed by atoms with Gasteiger partial charge >= 0.3 is 0 Å². The molecule has 1 atom stereocenters. The first kappa shape index (κ1) is 17.9. The maximum absolute atomic E-state index is 12.4. The Morgan fingerprint density at radius 3 is 1.88 bits per heavy atom. The van der Waals surface area contributed by atoms with Crippen LogP contribution >= 0.6 is 0 Å². The van der Waals surface area contributed by atoms with Crippen molar-refractivity contribution < 1.29 is 14.3 Å². The molecule has 2 aromatic carbocycles. The molecule has 2 aromatic rings. The Hall–Kier alpha value is -2.49. The van der Waals surface area contributed by atoms with Gasteiger partial charge in [-0.05, 0) is 41.3 Å². The minimum atomic E-state index is -0.0262. The van der Waals surface area contributed by atoms with Gasteiger partial charge in [0.25, 0.3) is 0 Å². The lowest BCUT2D eigenvalue weighted by Crippen LogP contribution is -2.32. The van der Waals surface area contributed by atoms with Crippen LogP contribution in [0, 0.1) is 5.92 Å². The van der Waals surface area contributed by atoms with E-state index in [4.69, 9.17) is 9.47 Å². The van der Waals surface area contributed by atoms with Crippen molar-refractivity contribution in [3.8, 4) is 11.5 Å². The molecule has 0 radical (unpaired) electrons. The molecule has 24 heavy (non-hydrogen) atoms. The average molecular weight is 327 g/mol. The second kappa shape index (κ2) is 8.39. The highest BCUT2D eigenvalue weighted by atomic mass is 16.5. The standard InChI is InChI=1S/C20H25NO3/c1-14(2)20(16-7-11-18(24-4)12-8-16)21-19(22)13-15-5-9-17(23-3)10-6-15/h5-12,14,20H,13H2,1-4H3,(H,21,22)/t20-/m1/s1. The van der Waals surface area contributed by atoms with Gasteiger partial charge in [-0.3, -0.25) is 4.79 Å². The van der Waals surface area contributed by atoms with E-state index >= 15 is 0 Å². The number of ether oxygens (including phenoxy) is 2. The summed E-state index contributed by atoms with van der Waals surface area (Å²) in [6.07, 6.45) is 0.351. The lowest BCUT2D eigenvalue weighted by molar-refractivity contribution is -0.121. The van der Waals surface area contributed by atoms with Gasteiger partial charge in [-0.25, -0.2) is 0 Å². The van der Waals surface area contributed by atoms with Crippen molar-refractivity contribution in [2.75, 3.05) is 14.2 Å². The Morgan fingerprint density at radius 1 is 0.917 bits per heavy atom. The molecular weight excluding hydrogens is 302 g/mol. The van der Waals surface area contributed by atoms with Gasteiger partial charge in [0.15, 0.2) is 0 Å². The van der Waals surface area contributed by atoms with Crippen molar-refractivity contribution in [1.29, 1.82) is 0 Å². The number of carbonyl (C=O) groups excluding carboxylic acids is 1. The monoisotopic (exact) mass is 327 g/mol. The van der Waals surface area contributed by atoms with Gasteiger partial charge in [0, 0.05) is 0 Å². The molecule has 0 aliphatic carbocycles. The summed E-state index contributed by atoms with van der Waals surface area (Å²) in [5.41, 5.74) is 2.04. The maximum Gasteiger partial charge on any atom is 0.224 e. The Bertz CT molecular complexity index is 648. The molecule has 0 saturated carbocycles. The van der Waals surface area contributed by atoms with Crippen LogP contribution < -0.4 is 14.8 Å². The molecule has 0 heterocycles. The minimum absolute atomic E-state index is 0.00897. The molecule has 0 aliphatic heterocycles. The Labute approximate surface area is 143 Å². The molecule has 0 spiro atoms. The highest BCUT2D eigenvalue weighted by molar-refractivity contribution is 5.79. The minimum Gasteiger partial charge on any atom is -0.497 e. The second-order valence-electron chi connectivity index (χ2n) is 6.09. The van der Waals surface area contributed by atoms with Gasteiger partial charge in [0.05, 0.1) is 26.7 Å². The normalized spacial score (nSPS) is 11.9. The zero-order valence-corrected chi connectivity index (χ0v) is 14.7. The summed E-state index contributed by atoms with van der Waals surface area (Å²) in [5.74, 6) is 1.90. The predicted octanol–water partition coefficient (Wildman–Crippen LogP) is 3.76.